The lowest BCUT2D eigenvalue weighted by molar-refractivity contribution is 0.251. The molecule has 0 aliphatic heterocycles. The number of carbonyl (C=O) groups is 1. The third kappa shape index (κ3) is 2.83. The van der Waals surface area contributed by atoms with Crippen LogP contribution in [0, 0.1) is 0 Å². The molecular weight excluding hydrogens is 396 g/mol. The van der Waals surface area contributed by atoms with Gasteiger partial charge in [0.25, 0.3) is 0 Å². The van der Waals surface area contributed by atoms with E-state index in [2.05, 4.69) is 24.3 Å². The number of hydrogen-bond acceptors (Lipinski definition) is 3. The van der Waals surface area contributed by atoms with Crippen LogP contribution in [-0.4, -0.2) is 6.03 Å². The van der Waals surface area contributed by atoms with Crippen LogP contribution in [0.5, 0.6) is 0 Å². The van der Waals surface area contributed by atoms with Crippen LogP contribution in [0.1, 0.15) is 22.3 Å². The quantitative estimate of drug-likeness (QED) is 0.236. The van der Waals surface area contributed by atoms with Gasteiger partial charge in [0.1, 0.15) is 0 Å². The third-order valence-corrected chi connectivity index (χ3v) is 6.52. The number of benzene rings is 4. The van der Waals surface area contributed by atoms with E-state index in [1.807, 2.05) is 60.7 Å². The Morgan fingerprint density at radius 3 is 1.44 bits per heavy atom. The molecule has 0 saturated heterocycles. The van der Waals surface area contributed by atoms with Crippen molar-refractivity contribution in [3.63, 3.8) is 0 Å². The van der Waals surface area contributed by atoms with Crippen LogP contribution in [0.3, 0.4) is 0 Å². The summed E-state index contributed by atoms with van der Waals surface area (Å²) in [5, 5.41) is 2.23. The highest BCUT2D eigenvalue weighted by Crippen LogP contribution is 2.39. The van der Waals surface area contributed by atoms with E-state index in [-0.39, 0.29) is 0 Å². The normalized spacial score (nSPS) is 12.6. The van der Waals surface area contributed by atoms with E-state index >= 15 is 0 Å². The van der Waals surface area contributed by atoms with Gasteiger partial charge in [-0.25, -0.2) is 26.5 Å². The van der Waals surface area contributed by atoms with E-state index in [9.17, 15) is 4.79 Å². The molecule has 0 fully saturated rings. The SMILES string of the molecule is NN(C(=O)N(N)c1ccc2c(c1)Cc1ccccc1-2)c1ccc2c(c1)Cc1ccccc1-2. The molecule has 2 amide bonds. The number of nitrogens with two attached hydrogens (primary N) is 2. The minimum atomic E-state index is -0.490. The zero-order valence-electron chi connectivity index (χ0n) is 17.5. The summed E-state index contributed by atoms with van der Waals surface area (Å²) in [6.07, 6.45) is 1.66. The van der Waals surface area contributed by atoms with E-state index in [0.717, 1.165) is 34.0 Å². The molecule has 5 heteroatoms. The minimum Gasteiger partial charge on any atom is -0.245 e. The molecule has 156 valence electrons. The maximum absolute atomic E-state index is 13.1. The monoisotopic (exact) mass is 418 g/mol. The lowest BCUT2D eigenvalue weighted by Gasteiger charge is -2.24. The van der Waals surface area contributed by atoms with Crippen molar-refractivity contribution in [3.05, 3.63) is 107 Å². The zero-order chi connectivity index (χ0) is 21.8. The van der Waals surface area contributed by atoms with E-state index < -0.39 is 6.03 Å². The molecule has 4 aromatic carbocycles. The Kier molecular flexibility index (Phi) is 4.15. The summed E-state index contributed by atoms with van der Waals surface area (Å²) in [7, 11) is 0. The van der Waals surface area contributed by atoms with Crippen LogP contribution in [0.15, 0.2) is 84.9 Å². The molecule has 0 heterocycles. The minimum absolute atomic E-state index is 0.490. The molecule has 32 heavy (non-hydrogen) atoms. The molecular formula is C27H22N4O. The molecule has 5 nitrogen and oxygen atoms in total. The first-order valence-electron chi connectivity index (χ1n) is 10.7. The first-order valence-corrected chi connectivity index (χ1v) is 10.7. The molecule has 4 N–H and O–H groups in total. The van der Waals surface area contributed by atoms with Crippen LogP contribution < -0.4 is 21.7 Å². The lowest BCUT2D eigenvalue weighted by Crippen LogP contribution is -2.51. The van der Waals surface area contributed by atoms with E-state index in [0.29, 0.717) is 11.4 Å². The number of fused-ring (bicyclic) bond motifs is 6. The van der Waals surface area contributed by atoms with Crippen molar-refractivity contribution in [1.82, 2.24) is 0 Å². The Bertz CT molecular complexity index is 1290. The molecule has 0 radical (unpaired) electrons. The van der Waals surface area contributed by atoms with Gasteiger partial charge in [-0.05, 0) is 81.6 Å². The Morgan fingerprint density at radius 2 is 0.969 bits per heavy atom. The molecule has 0 unspecified atom stereocenters. The van der Waals surface area contributed by atoms with Crippen molar-refractivity contribution in [3.8, 4) is 22.3 Å². The van der Waals surface area contributed by atoms with Gasteiger partial charge in [-0.2, -0.15) is 0 Å². The van der Waals surface area contributed by atoms with Gasteiger partial charge in [0.15, 0.2) is 0 Å². The standard InChI is InChI=1S/C27H22N4O/c28-30(21-9-11-25-19(15-21)13-17-5-1-3-7-23(17)25)27(32)31(29)22-10-12-26-20(16-22)14-18-6-2-4-8-24(18)26/h1-12,15-16H,13-14,28-29H2. The second-order valence-electron chi connectivity index (χ2n) is 8.37. The van der Waals surface area contributed by atoms with Crippen molar-refractivity contribution < 1.29 is 4.79 Å². The largest absolute Gasteiger partial charge is 0.357 e. The molecule has 0 aromatic heterocycles. The summed E-state index contributed by atoms with van der Waals surface area (Å²) in [5.41, 5.74) is 11.0. The summed E-state index contributed by atoms with van der Waals surface area (Å²) in [6, 6.07) is 27.9. The topological polar surface area (TPSA) is 75.6 Å². The summed E-state index contributed by atoms with van der Waals surface area (Å²) >= 11 is 0. The smallest absolute Gasteiger partial charge is 0.245 e. The van der Waals surface area contributed by atoms with Gasteiger partial charge in [-0.1, -0.05) is 60.7 Å². The first kappa shape index (κ1) is 18.8. The molecule has 0 saturated carbocycles. The fourth-order valence-electron chi connectivity index (χ4n) is 4.90. The van der Waals surface area contributed by atoms with Crippen LogP contribution in [0.4, 0.5) is 16.2 Å². The number of carbonyl (C=O) groups excluding carboxylic acids is 1. The molecule has 0 bridgehead atoms. The number of hydrogen-bond donors (Lipinski definition) is 2. The average molecular weight is 419 g/mol. The van der Waals surface area contributed by atoms with Gasteiger partial charge in [-0.3, -0.25) is 0 Å². The average Bonchev–Trinajstić information content (AvgIpc) is 3.39. The molecule has 6 rings (SSSR count). The van der Waals surface area contributed by atoms with E-state index in [1.165, 1.54) is 33.4 Å². The van der Waals surface area contributed by atoms with Crippen molar-refractivity contribution in [2.75, 3.05) is 10.0 Å². The van der Waals surface area contributed by atoms with Crippen molar-refractivity contribution in [2.24, 2.45) is 11.7 Å². The highest BCUT2D eigenvalue weighted by atomic mass is 16.2. The summed E-state index contributed by atoms with van der Waals surface area (Å²) in [6.45, 7) is 0. The molecule has 4 aromatic rings. The lowest BCUT2D eigenvalue weighted by atomic mass is 10.1. The van der Waals surface area contributed by atoms with Gasteiger partial charge in [0.05, 0.1) is 11.4 Å². The number of anilines is 2. The molecule has 0 spiro atoms. The highest BCUT2D eigenvalue weighted by molar-refractivity contribution is 6.02. The van der Waals surface area contributed by atoms with Crippen molar-refractivity contribution >= 4 is 17.4 Å². The van der Waals surface area contributed by atoms with Gasteiger partial charge in [0, 0.05) is 0 Å². The van der Waals surface area contributed by atoms with Gasteiger partial charge in [0.2, 0.25) is 0 Å². The fraction of sp³-hybridized carbons (Fsp3) is 0.0741. The molecule has 2 aliphatic rings. The number of rotatable bonds is 2. The van der Waals surface area contributed by atoms with E-state index in [1.54, 1.807) is 0 Å². The Balaban J connectivity index is 1.25. The van der Waals surface area contributed by atoms with Crippen LogP contribution in [-0.2, 0) is 12.8 Å². The summed E-state index contributed by atoms with van der Waals surface area (Å²) in [4.78, 5) is 13.1. The summed E-state index contributed by atoms with van der Waals surface area (Å²) in [5.74, 6) is 12.4. The van der Waals surface area contributed by atoms with Crippen LogP contribution in [0.25, 0.3) is 22.3 Å². The van der Waals surface area contributed by atoms with Crippen molar-refractivity contribution in [2.45, 2.75) is 12.8 Å². The van der Waals surface area contributed by atoms with Crippen LogP contribution in [0.2, 0.25) is 0 Å². The highest BCUT2D eigenvalue weighted by Gasteiger charge is 2.24. The Hall–Kier alpha value is -3.93. The van der Waals surface area contributed by atoms with Gasteiger partial charge < -0.3 is 0 Å². The number of nitrogens with zero attached hydrogens (tertiary/aromatic N) is 2. The van der Waals surface area contributed by atoms with Gasteiger partial charge >= 0.3 is 6.03 Å². The second kappa shape index (κ2) is 7.05. The molecule has 2 aliphatic carbocycles. The second-order valence-corrected chi connectivity index (χ2v) is 8.37. The van der Waals surface area contributed by atoms with Crippen LogP contribution >= 0.6 is 0 Å². The maximum Gasteiger partial charge on any atom is 0.357 e. The first-order chi connectivity index (χ1) is 15.6. The number of urea groups is 1. The van der Waals surface area contributed by atoms with E-state index in [4.69, 9.17) is 11.7 Å². The third-order valence-electron chi connectivity index (χ3n) is 6.52. The fourth-order valence-corrected chi connectivity index (χ4v) is 4.90. The van der Waals surface area contributed by atoms with Crippen molar-refractivity contribution in [1.29, 1.82) is 0 Å². The predicted octanol–water partition coefficient (Wildman–Crippen LogP) is 5.01. The Morgan fingerprint density at radius 1 is 0.562 bits per heavy atom. The van der Waals surface area contributed by atoms with Gasteiger partial charge in [-0.15, -0.1) is 0 Å². The Labute approximate surface area is 186 Å². The molecule has 0 atom stereocenters. The maximum atomic E-state index is 13.1. The summed E-state index contributed by atoms with van der Waals surface area (Å²) < 4.78 is 0. The number of amides is 2. The zero-order valence-corrected chi connectivity index (χ0v) is 17.5. The predicted molar refractivity (Wildman–Crippen MR) is 128 cm³/mol. The number of hydrazine groups is 2.